The minimum atomic E-state index is -0.774. The predicted molar refractivity (Wildman–Crippen MR) is 302 cm³/mol. The van der Waals surface area contributed by atoms with Gasteiger partial charge in [0.2, 0.25) is 0 Å². The molecule has 1 unspecified atom stereocenters. The van der Waals surface area contributed by atoms with Crippen LogP contribution in [0.4, 0.5) is 0 Å². The number of allylic oxidation sites excluding steroid dienone is 8. The van der Waals surface area contributed by atoms with Crippen molar-refractivity contribution in [2.24, 2.45) is 0 Å². The van der Waals surface area contributed by atoms with Crippen molar-refractivity contribution in [2.75, 3.05) is 13.2 Å². The molecule has 0 fully saturated rings. The first-order valence-electron chi connectivity index (χ1n) is 30.6. The summed E-state index contributed by atoms with van der Waals surface area (Å²) in [4.78, 5) is 37.8. The molecule has 6 nitrogen and oxygen atoms in total. The fourth-order valence-corrected chi connectivity index (χ4v) is 8.92. The Morgan fingerprint density at radius 3 is 0.843 bits per heavy atom. The molecule has 0 radical (unpaired) electrons. The summed E-state index contributed by atoms with van der Waals surface area (Å²) in [6.45, 7) is 6.52. The summed E-state index contributed by atoms with van der Waals surface area (Å²) in [5, 5.41) is 0. The van der Waals surface area contributed by atoms with Crippen LogP contribution >= 0.6 is 0 Å². The summed E-state index contributed by atoms with van der Waals surface area (Å²) in [6.07, 6.45) is 73.2. The van der Waals surface area contributed by atoms with Crippen LogP contribution in [-0.2, 0) is 28.6 Å². The number of hydrogen-bond donors (Lipinski definition) is 0. The molecule has 0 bridgehead atoms. The van der Waals surface area contributed by atoms with Gasteiger partial charge in [-0.05, 0) is 77.0 Å². The lowest BCUT2D eigenvalue weighted by Gasteiger charge is -2.18. The van der Waals surface area contributed by atoms with E-state index in [1.54, 1.807) is 0 Å². The number of hydrogen-bond acceptors (Lipinski definition) is 6. The lowest BCUT2D eigenvalue weighted by Crippen LogP contribution is -2.30. The first-order chi connectivity index (χ1) is 34.5. The summed E-state index contributed by atoms with van der Waals surface area (Å²) in [7, 11) is 0. The van der Waals surface area contributed by atoms with Gasteiger partial charge in [-0.1, -0.05) is 275 Å². The van der Waals surface area contributed by atoms with Crippen molar-refractivity contribution in [1.82, 2.24) is 0 Å². The summed E-state index contributed by atoms with van der Waals surface area (Å²) in [5.41, 5.74) is 0. The smallest absolute Gasteiger partial charge is 0.306 e. The third-order valence-electron chi connectivity index (χ3n) is 13.5. The third-order valence-corrected chi connectivity index (χ3v) is 13.5. The van der Waals surface area contributed by atoms with Crippen LogP contribution in [0.1, 0.15) is 323 Å². The van der Waals surface area contributed by atoms with E-state index in [1.165, 1.54) is 186 Å². The molecule has 0 aliphatic heterocycles. The second-order valence-corrected chi connectivity index (χ2v) is 20.6. The number of unbranched alkanes of at least 4 members (excludes halogenated alkanes) is 37. The molecule has 0 N–H and O–H groups in total. The van der Waals surface area contributed by atoms with Crippen molar-refractivity contribution in [2.45, 2.75) is 329 Å². The Bertz CT molecular complexity index is 1220. The maximum absolute atomic E-state index is 12.7. The first kappa shape index (κ1) is 67.4. The molecule has 0 aromatic heterocycles. The fraction of sp³-hybridized carbons (Fsp3) is 0.828. The Hall–Kier alpha value is -2.63. The molecule has 70 heavy (non-hydrogen) atoms. The molecule has 0 amide bonds. The normalized spacial score (nSPS) is 12.3. The van der Waals surface area contributed by atoms with Crippen LogP contribution in [0.2, 0.25) is 0 Å². The molecular weight excluding hydrogens is 865 g/mol. The van der Waals surface area contributed by atoms with Gasteiger partial charge in [-0.15, -0.1) is 0 Å². The topological polar surface area (TPSA) is 78.9 Å². The van der Waals surface area contributed by atoms with Crippen LogP contribution < -0.4 is 0 Å². The summed E-state index contributed by atoms with van der Waals surface area (Å²) < 4.78 is 16.7. The molecule has 6 heteroatoms. The molecule has 0 aromatic carbocycles. The van der Waals surface area contributed by atoms with Gasteiger partial charge in [0.25, 0.3) is 0 Å². The van der Waals surface area contributed by atoms with E-state index < -0.39 is 6.10 Å². The lowest BCUT2D eigenvalue weighted by molar-refractivity contribution is -0.167. The van der Waals surface area contributed by atoms with Gasteiger partial charge in [0, 0.05) is 19.3 Å². The summed E-state index contributed by atoms with van der Waals surface area (Å²) in [5.74, 6) is -0.887. The Morgan fingerprint density at radius 2 is 0.543 bits per heavy atom. The van der Waals surface area contributed by atoms with Crippen LogP contribution in [0.3, 0.4) is 0 Å². The highest BCUT2D eigenvalue weighted by atomic mass is 16.6. The van der Waals surface area contributed by atoms with Gasteiger partial charge in [-0.2, -0.15) is 0 Å². The minimum absolute atomic E-state index is 0.0754. The van der Waals surface area contributed by atoms with Gasteiger partial charge in [0.1, 0.15) is 13.2 Å². The molecule has 1 atom stereocenters. The molecule has 0 spiro atoms. The van der Waals surface area contributed by atoms with Crippen LogP contribution in [0.15, 0.2) is 48.6 Å². The average molecular weight is 982 g/mol. The van der Waals surface area contributed by atoms with Crippen LogP contribution in [0.5, 0.6) is 0 Å². The van der Waals surface area contributed by atoms with Crippen molar-refractivity contribution < 1.29 is 28.6 Å². The van der Waals surface area contributed by atoms with Gasteiger partial charge in [0.05, 0.1) is 0 Å². The molecule has 0 aliphatic rings. The fourth-order valence-electron chi connectivity index (χ4n) is 8.92. The van der Waals surface area contributed by atoms with Crippen molar-refractivity contribution in [3.63, 3.8) is 0 Å². The maximum atomic E-state index is 12.7. The van der Waals surface area contributed by atoms with E-state index in [-0.39, 0.29) is 31.1 Å². The minimum Gasteiger partial charge on any atom is -0.462 e. The van der Waals surface area contributed by atoms with E-state index in [0.717, 1.165) is 96.3 Å². The van der Waals surface area contributed by atoms with Crippen LogP contribution in [0.25, 0.3) is 0 Å². The Morgan fingerprint density at radius 1 is 0.286 bits per heavy atom. The highest BCUT2D eigenvalue weighted by molar-refractivity contribution is 5.71. The van der Waals surface area contributed by atoms with Gasteiger partial charge < -0.3 is 14.2 Å². The van der Waals surface area contributed by atoms with Gasteiger partial charge in [0.15, 0.2) is 6.10 Å². The van der Waals surface area contributed by atoms with E-state index in [0.29, 0.717) is 19.3 Å². The molecule has 408 valence electrons. The monoisotopic (exact) mass is 981 g/mol. The SMILES string of the molecule is CCC/C=C\C/C=C\CCCCCCCC(=O)OC(COC(=O)CCCCCCCC)COC(=O)CCCCCCCCCCCCCCCCCCCCCCC/C=C\C/C=C\CCCCCCC. The summed E-state index contributed by atoms with van der Waals surface area (Å²) >= 11 is 0. The van der Waals surface area contributed by atoms with Gasteiger partial charge >= 0.3 is 17.9 Å². The Balaban J connectivity index is 3.91. The number of carbonyl (C=O) groups is 3. The van der Waals surface area contributed by atoms with E-state index in [4.69, 9.17) is 14.2 Å². The zero-order valence-corrected chi connectivity index (χ0v) is 46.8. The van der Waals surface area contributed by atoms with Gasteiger partial charge in [-0.3, -0.25) is 14.4 Å². The van der Waals surface area contributed by atoms with Crippen molar-refractivity contribution in [1.29, 1.82) is 0 Å². The van der Waals surface area contributed by atoms with Crippen molar-refractivity contribution >= 4 is 17.9 Å². The standard InChI is InChI=1S/C64H116O6/c1-4-7-10-13-16-18-20-22-23-24-25-26-27-28-29-30-31-32-33-34-35-36-37-38-39-40-41-43-44-46-48-51-54-57-63(66)69-60-61(59-68-62(65)56-53-50-15-12-9-6-3)70-64(67)58-55-52-49-47-45-42-21-19-17-14-11-8-5-2/h11,14,19-22,24-25,61H,4-10,12-13,15-18,23,26-60H2,1-3H3/b14-11-,21-19-,22-20-,25-24-. The van der Waals surface area contributed by atoms with Crippen LogP contribution in [0, 0.1) is 0 Å². The molecule has 0 saturated heterocycles. The third kappa shape index (κ3) is 56.3. The van der Waals surface area contributed by atoms with E-state index in [2.05, 4.69) is 69.4 Å². The summed E-state index contributed by atoms with van der Waals surface area (Å²) in [6, 6.07) is 0. The molecule has 0 aliphatic carbocycles. The van der Waals surface area contributed by atoms with Crippen LogP contribution in [-0.4, -0.2) is 37.2 Å². The Kier molecular flexibility index (Phi) is 56.7. The Labute approximate surface area is 435 Å². The van der Waals surface area contributed by atoms with E-state index in [1.807, 2.05) is 0 Å². The zero-order valence-electron chi connectivity index (χ0n) is 46.8. The molecule has 0 saturated carbocycles. The molecular formula is C64H116O6. The predicted octanol–water partition coefficient (Wildman–Crippen LogP) is 20.6. The largest absolute Gasteiger partial charge is 0.462 e. The van der Waals surface area contributed by atoms with Gasteiger partial charge in [-0.25, -0.2) is 0 Å². The lowest BCUT2D eigenvalue weighted by atomic mass is 10.0. The number of carbonyl (C=O) groups excluding carboxylic acids is 3. The maximum Gasteiger partial charge on any atom is 0.306 e. The molecule has 0 rings (SSSR count). The van der Waals surface area contributed by atoms with E-state index >= 15 is 0 Å². The highest BCUT2D eigenvalue weighted by Gasteiger charge is 2.19. The first-order valence-corrected chi connectivity index (χ1v) is 30.6. The zero-order chi connectivity index (χ0) is 50.7. The van der Waals surface area contributed by atoms with E-state index in [9.17, 15) is 14.4 Å². The van der Waals surface area contributed by atoms with Crippen molar-refractivity contribution in [3.05, 3.63) is 48.6 Å². The van der Waals surface area contributed by atoms with Crippen molar-refractivity contribution in [3.8, 4) is 0 Å². The molecule has 0 heterocycles. The second kappa shape index (κ2) is 58.9. The number of ether oxygens (including phenoxy) is 3. The number of esters is 3. The molecule has 0 aromatic rings. The number of rotatable bonds is 56. The highest BCUT2D eigenvalue weighted by Crippen LogP contribution is 2.17. The quantitative estimate of drug-likeness (QED) is 0.0261. The average Bonchev–Trinajstić information content (AvgIpc) is 3.36. The second-order valence-electron chi connectivity index (χ2n) is 20.6.